The molecule has 0 radical (unpaired) electrons. The summed E-state index contributed by atoms with van der Waals surface area (Å²) in [6, 6.07) is 62.7. The highest BCUT2D eigenvalue weighted by Crippen LogP contribution is 2.42. The van der Waals surface area contributed by atoms with Crippen LogP contribution in [0.15, 0.2) is 236 Å². The van der Waals surface area contributed by atoms with E-state index >= 15 is 0 Å². The van der Waals surface area contributed by atoms with Crippen molar-refractivity contribution >= 4 is 54.5 Å². The lowest BCUT2D eigenvalue weighted by Crippen LogP contribution is -2.22. The van der Waals surface area contributed by atoms with Gasteiger partial charge in [-0.05, 0) is 145 Å². The summed E-state index contributed by atoms with van der Waals surface area (Å²) in [5, 5.41) is 12.8. The van der Waals surface area contributed by atoms with E-state index in [2.05, 4.69) is 235 Å². The van der Waals surface area contributed by atoms with Crippen LogP contribution in [0, 0.1) is 0 Å². The molecule has 3 aliphatic rings. The SMILES string of the molecule is C1=CC(c2ccc(-n3ccc4cc(-c5ccc6c(C7C=CC(C8=CC(c9ccccc9)NC(c9ccccc9)=C8)=CC7)cc7ccccc7c6c5)c5ccccc5c43)cc2)=CCC1. The molecule has 2 unspecified atom stereocenters. The molecule has 0 amide bonds. The summed E-state index contributed by atoms with van der Waals surface area (Å²) in [6.45, 7) is 0. The topological polar surface area (TPSA) is 17.0 Å². The van der Waals surface area contributed by atoms with Gasteiger partial charge in [-0.2, -0.15) is 0 Å². The van der Waals surface area contributed by atoms with Crippen molar-refractivity contribution in [3.05, 3.63) is 258 Å². The van der Waals surface area contributed by atoms with Crippen LogP contribution in [-0.4, -0.2) is 4.57 Å². The fourth-order valence-electron chi connectivity index (χ4n) is 10.2. The third-order valence-electron chi connectivity index (χ3n) is 13.4. The standard InChI is InChI=1S/C61H46N2/c1-4-14-41(15-5-1)42-28-31-51(32-29-42)63-35-34-49-38-57(53-22-12-13-23-55(53)61(49)63)48-30-33-54-56(36-47-20-10-11-21-52(47)58(54)37-48)44-26-24-43(25-27-44)50-39-59(45-16-6-2-7-17-45)62-60(40-50)46-18-8-3-9-19-46/h2-4,6-26,28-40,44,59,62H,1,5,27H2. The van der Waals surface area contributed by atoms with E-state index in [0.717, 1.165) is 25.0 Å². The zero-order valence-electron chi connectivity index (χ0n) is 35.1. The Morgan fingerprint density at radius 3 is 2.06 bits per heavy atom. The van der Waals surface area contributed by atoms with E-state index in [4.69, 9.17) is 0 Å². The predicted molar refractivity (Wildman–Crippen MR) is 267 cm³/mol. The number of allylic oxidation sites excluding steroid dienone is 10. The highest BCUT2D eigenvalue weighted by atomic mass is 15.0. The quantitative estimate of drug-likeness (QED) is 0.159. The highest BCUT2D eigenvalue weighted by Gasteiger charge is 2.22. The fraction of sp³-hybridized carbons (Fsp3) is 0.0820. The molecule has 300 valence electrons. The molecule has 0 saturated heterocycles. The van der Waals surface area contributed by atoms with Crippen LogP contribution in [0.4, 0.5) is 0 Å². The van der Waals surface area contributed by atoms with Gasteiger partial charge in [-0.15, -0.1) is 0 Å². The van der Waals surface area contributed by atoms with Gasteiger partial charge in [0.1, 0.15) is 0 Å². The smallest absolute Gasteiger partial charge is 0.0707 e. The third-order valence-corrected chi connectivity index (χ3v) is 13.4. The summed E-state index contributed by atoms with van der Waals surface area (Å²) >= 11 is 0. The van der Waals surface area contributed by atoms with Crippen molar-refractivity contribution in [1.29, 1.82) is 0 Å². The van der Waals surface area contributed by atoms with Crippen LogP contribution in [0.1, 0.15) is 53.5 Å². The van der Waals surface area contributed by atoms with Gasteiger partial charge in [-0.1, -0.05) is 170 Å². The molecule has 2 heteroatoms. The minimum Gasteiger partial charge on any atom is -0.374 e. The molecule has 0 bridgehead atoms. The molecule has 1 N–H and O–H groups in total. The Bertz CT molecular complexity index is 3430. The van der Waals surface area contributed by atoms with Crippen molar-refractivity contribution in [2.75, 3.05) is 0 Å². The van der Waals surface area contributed by atoms with Crippen LogP contribution in [0.3, 0.4) is 0 Å². The minimum absolute atomic E-state index is 0.0872. The first-order valence-electron chi connectivity index (χ1n) is 22.4. The summed E-state index contributed by atoms with van der Waals surface area (Å²) in [6.07, 6.45) is 24.2. The van der Waals surface area contributed by atoms with E-state index in [0.29, 0.717) is 0 Å². The molecular weight excluding hydrogens is 761 g/mol. The second-order valence-corrected chi connectivity index (χ2v) is 17.2. The third kappa shape index (κ3) is 6.76. The Morgan fingerprint density at radius 1 is 0.508 bits per heavy atom. The monoisotopic (exact) mass is 806 g/mol. The Hall–Kier alpha value is -7.68. The maximum Gasteiger partial charge on any atom is 0.0707 e. The Kier molecular flexibility index (Phi) is 9.22. The normalized spacial score (nSPS) is 17.4. The molecular formula is C61H46N2. The number of fused-ring (bicyclic) bond motifs is 6. The number of hydrogen-bond acceptors (Lipinski definition) is 1. The average molecular weight is 807 g/mol. The number of hydrogen-bond donors (Lipinski definition) is 1. The van der Waals surface area contributed by atoms with Crippen LogP contribution in [0.2, 0.25) is 0 Å². The van der Waals surface area contributed by atoms with Crippen molar-refractivity contribution < 1.29 is 0 Å². The molecule has 0 fully saturated rings. The summed E-state index contributed by atoms with van der Waals surface area (Å²) in [7, 11) is 0. The van der Waals surface area contributed by atoms with Crippen molar-refractivity contribution in [3.63, 3.8) is 0 Å². The lowest BCUT2D eigenvalue weighted by molar-refractivity contribution is 0.757. The number of nitrogens with zero attached hydrogens (tertiary/aromatic N) is 1. The molecule has 2 nitrogen and oxygen atoms in total. The second-order valence-electron chi connectivity index (χ2n) is 17.2. The Labute approximate surface area is 368 Å². The zero-order chi connectivity index (χ0) is 41.7. The van der Waals surface area contributed by atoms with Gasteiger partial charge in [-0.3, -0.25) is 0 Å². The van der Waals surface area contributed by atoms with E-state index in [9.17, 15) is 0 Å². The fourth-order valence-corrected chi connectivity index (χ4v) is 10.2. The molecule has 8 aromatic carbocycles. The molecule has 1 aromatic heterocycles. The van der Waals surface area contributed by atoms with E-state index in [1.54, 1.807) is 0 Å². The van der Waals surface area contributed by atoms with Gasteiger partial charge in [-0.25, -0.2) is 0 Å². The molecule has 2 atom stereocenters. The first-order valence-corrected chi connectivity index (χ1v) is 22.4. The van der Waals surface area contributed by atoms with E-state index in [-0.39, 0.29) is 12.0 Å². The molecule has 1 aliphatic heterocycles. The summed E-state index contributed by atoms with van der Waals surface area (Å²) in [5.74, 6) is 0.262. The van der Waals surface area contributed by atoms with E-state index in [1.807, 2.05) is 0 Å². The lowest BCUT2D eigenvalue weighted by Gasteiger charge is -2.27. The van der Waals surface area contributed by atoms with Crippen molar-refractivity contribution in [1.82, 2.24) is 9.88 Å². The highest BCUT2D eigenvalue weighted by molar-refractivity contribution is 6.15. The summed E-state index contributed by atoms with van der Waals surface area (Å²) < 4.78 is 2.36. The van der Waals surface area contributed by atoms with Gasteiger partial charge < -0.3 is 9.88 Å². The lowest BCUT2D eigenvalue weighted by atomic mass is 9.82. The molecule has 0 spiro atoms. The van der Waals surface area contributed by atoms with Crippen LogP contribution >= 0.6 is 0 Å². The predicted octanol–water partition coefficient (Wildman–Crippen LogP) is 15.8. The molecule has 9 aromatic rings. The van der Waals surface area contributed by atoms with Gasteiger partial charge in [0.2, 0.25) is 0 Å². The van der Waals surface area contributed by atoms with Crippen molar-refractivity contribution in [3.8, 4) is 16.8 Å². The second kappa shape index (κ2) is 15.7. The van der Waals surface area contributed by atoms with Gasteiger partial charge in [0.15, 0.2) is 0 Å². The maximum atomic E-state index is 3.81. The first-order chi connectivity index (χ1) is 31.2. The number of nitrogens with one attached hydrogen (secondary N) is 1. The van der Waals surface area contributed by atoms with Gasteiger partial charge >= 0.3 is 0 Å². The van der Waals surface area contributed by atoms with Gasteiger partial charge in [0, 0.05) is 34.3 Å². The number of aromatic nitrogens is 1. The van der Waals surface area contributed by atoms with Crippen molar-refractivity contribution in [2.45, 2.75) is 31.2 Å². The average Bonchev–Trinajstić information content (AvgIpc) is 3.81. The molecule has 2 aliphatic carbocycles. The Balaban J connectivity index is 0.909. The number of rotatable bonds is 7. The van der Waals surface area contributed by atoms with Gasteiger partial charge in [0.25, 0.3) is 0 Å². The van der Waals surface area contributed by atoms with Crippen molar-refractivity contribution in [2.24, 2.45) is 0 Å². The molecule has 0 saturated carbocycles. The summed E-state index contributed by atoms with van der Waals surface area (Å²) in [4.78, 5) is 0. The zero-order valence-corrected chi connectivity index (χ0v) is 35.1. The van der Waals surface area contributed by atoms with Crippen LogP contribution < -0.4 is 5.32 Å². The molecule has 12 rings (SSSR count). The first kappa shape index (κ1) is 37.1. The maximum absolute atomic E-state index is 3.81. The van der Waals surface area contributed by atoms with E-state index in [1.165, 1.54) is 99.0 Å². The van der Waals surface area contributed by atoms with Crippen LogP contribution in [-0.2, 0) is 0 Å². The number of benzene rings is 8. The van der Waals surface area contributed by atoms with E-state index < -0.39 is 0 Å². The Morgan fingerprint density at radius 2 is 1.27 bits per heavy atom. The molecule has 63 heavy (non-hydrogen) atoms. The largest absolute Gasteiger partial charge is 0.374 e. The molecule has 2 heterocycles. The van der Waals surface area contributed by atoms with Crippen LogP contribution in [0.5, 0.6) is 0 Å². The minimum atomic E-state index is 0.0872. The summed E-state index contributed by atoms with van der Waals surface area (Å²) in [5.41, 5.74) is 15.0. The van der Waals surface area contributed by atoms with Crippen LogP contribution in [0.25, 0.3) is 71.3 Å². The van der Waals surface area contributed by atoms with Gasteiger partial charge in [0.05, 0.1) is 11.6 Å². The number of dihydropyridines is 1.